The summed E-state index contributed by atoms with van der Waals surface area (Å²) in [4.78, 5) is 48.1. The van der Waals surface area contributed by atoms with Gasteiger partial charge in [0.25, 0.3) is 11.1 Å². The Bertz CT molecular complexity index is 2730. The summed E-state index contributed by atoms with van der Waals surface area (Å²) in [6.45, 7) is 9.56. The molecule has 2 fully saturated rings. The van der Waals surface area contributed by atoms with Gasteiger partial charge in [-0.15, -0.1) is 0 Å². The van der Waals surface area contributed by atoms with Crippen molar-refractivity contribution in [2.75, 3.05) is 62.2 Å². The molecular formula is C39H38N12O2. The molecular weight excluding hydrogens is 669 g/mol. The lowest BCUT2D eigenvalue weighted by Gasteiger charge is -2.29. The highest BCUT2D eigenvalue weighted by Gasteiger charge is 2.14. The van der Waals surface area contributed by atoms with E-state index in [4.69, 9.17) is 4.98 Å². The first kappa shape index (κ1) is 32.5. The maximum atomic E-state index is 12.7. The standard InChI is InChI=1S/C20H20N6O.C19H18N6O/c1-14-11-25-12-15(2-4-18(25)22-14)17-10-20(27)26-13-16(3-5-19(26)23-17)24-8-6-21-7-9-24;26-19-11-16(14-1-3-17-21-7-10-24(17)12-14)22-18-4-2-15(13-25(18)19)23-8-5-20-6-9-23/h2-5,10-13,21H,6-9H2,1H3;1-4,7,10-13,20H,5-6,8-9H2. The average Bonchev–Trinajstić information content (AvgIpc) is 3.83. The first-order chi connectivity index (χ1) is 25.9. The van der Waals surface area contributed by atoms with Crippen molar-refractivity contribution in [3.8, 4) is 22.5 Å². The van der Waals surface area contributed by atoms with Crippen LogP contribution >= 0.6 is 0 Å². The third-order valence-corrected chi connectivity index (χ3v) is 9.80. The zero-order chi connectivity index (χ0) is 35.9. The number of aryl methyl sites for hydroxylation is 1. The molecule has 2 N–H and O–H groups in total. The molecule has 2 aliphatic heterocycles. The van der Waals surface area contributed by atoms with Crippen LogP contribution in [-0.2, 0) is 0 Å². The van der Waals surface area contributed by atoms with E-state index in [0.717, 1.165) is 91.8 Å². The quantitative estimate of drug-likeness (QED) is 0.281. The topological polar surface area (TPSA) is 134 Å². The van der Waals surface area contributed by atoms with Gasteiger partial charge in [-0.2, -0.15) is 0 Å². The Balaban J connectivity index is 0.000000141. The van der Waals surface area contributed by atoms with E-state index < -0.39 is 0 Å². The van der Waals surface area contributed by atoms with Crippen LogP contribution in [0.4, 0.5) is 11.4 Å². The van der Waals surface area contributed by atoms with Crippen LogP contribution in [-0.4, -0.2) is 89.9 Å². The van der Waals surface area contributed by atoms with E-state index in [0.29, 0.717) is 22.7 Å². The van der Waals surface area contributed by atoms with Gasteiger partial charge in [0.2, 0.25) is 0 Å². The summed E-state index contributed by atoms with van der Waals surface area (Å²) in [6, 6.07) is 18.9. The van der Waals surface area contributed by atoms with E-state index in [1.807, 2.05) is 101 Å². The molecule has 0 aromatic carbocycles. The van der Waals surface area contributed by atoms with Crippen molar-refractivity contribution in [2.45, 2.75) is 6.92 Å². The van der Waals surface area contributed by atoms with Crippen molar-refractivity contribution >= 4 is 34.0 Å². The van der Waals surface area contributed by atoms with Crippen LogP contribution in [0.1, 0.15) is 5.69 Å². The summed E-state index contributed by atoms with van der Waals surface area (Å²) >= 11 is 0. The molecule has 0 amide bonds. The largest absolute Gasteiger partial charge is 0.368 e. The molecule has 0 atom stereocenters. The molecule has 8 aromatic rings. The molecule has 0 unspecified atom stereocenters. The molecule has 0 spiro atoms. The number of nitrogens with zero attached hydrogens (tertiary/aromatic N) is 10. The Labute approximate surface area is 303 Å². The summed E-state index contributed by atoms with van der Waals surface area (Å²) in [5.74, 6) is 0. The molecule has 10 rings (SSSR count). The van der Waals surface area contributed by atoms with Crippen LogP contribution in [0.15, 0.2) is 114 Å². The van der Waals surface area contributed by atoms with Gasteiger partial charge in [0.15, 0.2) is 0 Å². The number of imidazole rings is 2. The normalized spacial score (nSPS) is 15.0. The number of aromatic nitrogens is 8. The van der Waals surface area contributed by atoms with Gasteiger partial charge in [0.1, 0.15) is 22.6 Å². The molecule has 2 aliphatic rings. The molecule has 53 heavy (non-hydrogen) atoms. The van der Waals surface area contributed by atoms with Gasteiger partial charge < -0.3 is 29.2 Å². The number of piperazine rings is 2. The highest BCUT2D eigenvalue weighted by atomic mass is 16.1. The zero-order valence-corrected chi connectivity index (χ0v) is 29.3. The van der Waals surface area contributed by atoms with E-state index in [9.17, 15) is 9.59 Å². The number of anilines is 2. The van der Waals surface area contributed by atoms with Crippen molar-refractivity contribution in [1.82, 2.24) is 48.2 Å². The third kappa shape index (κ3) is 6.49. The predicted molar refractivity (Wildman–Crippen MR) is 206 cm³/mol. The molecule has 10 heterocycles. The van der Waals surface area contributed by atoms with Crippen molar-refractivity contribution in [3.63, 3.8) is 0 Å². The second-order valence-corrected chi connectivity index (χ2v) is 13.3. The Hall–Kier alpha value is -6.38. The minimum atomic E-state index is -0.0762. The molecule has 8 aromatic heterocycles. The molecule has 14 nitrogen and oxygen atoms in total. The van der Waals surface area contributed by atoms with E-state index in [1.54, 1.807) is 27.1 Å². The van der Waals surface area contributed by atoms with Crippen LogP contribution in [0.25, 0.3) is 45.1 Å². The average molecular weight is 707 g/mol. The molecule has 0 bridgehead atoms. The number of hydrogen-bond acceptors (Lipinski definition) is 10. The van der Waals surface area contributed by atoms with E-state index in [2.05, 4.69) is 35.4 Å². The van der Waals surface area contributed by atoms with Crippen LogP contribution in [0.5, 0.6) is 0 Å². The summed E-state index contributed by atoms with van der Waals surface area (Å²) in [6.07, 6.45) is 13.3. The summed E-state index contributed by atoms with van der Waals surface area (Å²) in [5.41, 5.74) is 9.08. The summed E-state index contributed by atoms with van der Waals surface area (Å²) in [5, 5.41) is 6.68. The lowest BCUT2D eigenvalue weighted by Crippen LogP contribution is -2.43. The fraction of sp³-hybridized carbons (Fsp3) is 0.231. The van der Waals surface area contributed by atoms with Gasteiger partial charge in [0, 0.05) is 119 Å². The molecule has 14 heteroatoms. The van der Waals surface area contributed by atoms with Gasteiger partial charge in [-0.3, -0.25) is 18.4 Å². The highest BCUT2D eigenvalue weighted by Crippen LogP contribution is 2.22. The van der Waals surface area contributed by atoms with Gasteiger partial charge in [-0.1, -0.05) is 0 Å². The zero-order valence-electron chi connectivity index (χ0n) is 29.3. The summed E-state index contributed by atoms with van der Waals surface area (Å²) < 4.78 is 7.13. The van der Waals surface area contributed by atoms with Gasteiger partial charge in [-0.25, -0.2) is 19.9 Å². The Morgan fingerprint density at radius 1 is 0.547 bits per heavy atom. The van der Waals surface area contributed by atoms with Crippen molar-refractivity contribution in [2.24, 2.45) is 0 Å². The van der Waals surface area contributed by atoms with Crippen LogP contribution in [0.3, 0.4) is 0 Å². The minimum Gasteiger partial charge on any atom is -0.368 e. The number of nitrogens with one attached hydrogen (secondary N) is 2. The Morgan fingerprint density at radius 2 is 1.06 bits per heavy atom. The predicted octanol–water partition coefficient (Wildman–Crippen LogP) is 3.15. The first-order valence-electron chi connectivity index (χ1n) is 17.8. The van der Waals surface area contributed by atoms with Gasteiger partial charge in [0.05, 0.1) is 28.5 Å². The second kappa shape index (κ2) is 13.6. The molecule has 266 valence electrons. The fourth-order valence-corrected chi connectivity index (χ4v) is 7.04. The van der Waals surface area contributed by atoms with Crippen LogP contribution in [0.2, 0.25) is 0 Å². The Kier molecular flexibility index (Phi) is 8.37. The van der Waals surface area contributed by atoms with Crippen molar-refractivity contribution < 1.29 is 0 Å². The smallest absolute Gasteiger partial charge is 0.258 e. The number of rotatable bonds is 4. The lowest BCUT2D eigenvalue weighted by atomic mass is 10.2. The van der Waals surface area contributed by atoms with Gasteiger partial charge in [-0.05, 0) is 55.5 Å². The molecule has 2 saturated heterocycles. The van der Waals surface area contributed by atoms with Crippen LogP contribution < -0.4 is 31.6 Å². The minimum absolute atomic E-state index is 0.0751. The number of fused-ring (bicyclic) bond motifs is 4. The number of hydrogen-bond donors (Lipinski definition) is 2. The number of pyridine rings is 4. The Morgan fingerprint density at radius 3 is 1.62 bits per heavy atom. The monoisotopic (exact) mass is 706 g/mol. The van der Waals surface area contributed by atoms with Crippen molar-refractivity contribution in [1.29, 1.82) is 0 Å². The van der Waals surface area contributed by atoms with Gasteiger partial charge >= 0.3 is 0 Å². The maximum absolute atomic E-state index is 12.7. The maximum Gasteiger partial charge on any atom is 0.258 e. The van der Waals surface area contributed by atoms with E-state index in [-0.39, 0.29) is 11.1 Å². The van der Waals surface area contributed by atoms with E-state index >= 15 is 0 Å². The third-order valence-electron chi connectivity index (χ3n) is 9.80. The van der Waals surface area contributed by atoms with E-state index in [1.165, 1.54) is 0 Å². The SMILES string of the molecule is Cc1cn2cc(-c3cc(=O)n4cc(N5CCNCC5)ccc4n3)ccc2n1.O=c1cc(-c2ccc3nccn3c2)nc2ccc(N3CCNCC3)cn12. The molecule has 0 aliphatic carbocycles. The first-order valence-corrected chi connectivity index (χ1v) is 17.8. The fourth-order valence-electron chi connectivity index (χ4n) is 7.04. The second-order valence-electron chi connectivity index (χ2n) is 13.3. The molecule has 0 saturated carbocycles. The summed E-state index contributed by atoms with van der Waals surface area (Å²) in [7, 11) is 0. The molecule has 0 radical (unpaired) electrons. The lowest BCUT2D eigenvalue weighted by molar-refractivity contribution is 0.588. The highest BCUT2D eigenvalue weighted by molar-refractivity contribution is 5.65. The van der Waals surface area contributed by atoms with Crippen LogP contribution in [0, 0.1) is 6.92 Å². The van der Waals surface area contributed by atoms with Crippen molar-refractivity contribution in [3.05, 3.63) is 130 Å².